The zero-order chi connectivity index (χ0) is 8.55. The number of fused-ring (bicyclic) bond motifs is 1. The summed E-state index contributed by atoms with van der Waals surface area (Å²) in [5, 5.41) is 9.51. The van der Waals surface area contributed by atoms with Gasteiger partial charge in [-0.1, -0.05) is 0 Å². The molecule has 1 aliphatic carbocycles. The van der Waals surface area contributed by atoms with Gasteiger partial charge in [-0.3, -0.25) is 4.79 Å². The Morgan fingerprint density at radius 1 is 1.50 bits per heavy atom. The fourth-order valence-electron chi connectivity index (χ4n) is 1.95. The predicted molar refractivity (Wildman–Crippen MR) is 42.4 cm³/mol. The largest absolute Gasteiger partial charge is 0.494 e. The number of hydrogen-bond donors (Lipinski definition) is 1. The lowest BCUT2D eigenvalue weighted by Gasteiger charge is -2.35. The molecule has 1 saturated carbocycles. The lowest BCUT2D eigenvalue weighted by atomic mass is 9.81. The smallest absolute Gasteiger partial charge is 0.165 e. The number of carbonyl (C=O) groups excluding carboxylic acids is 1. The van der Waals surface area contributed by atoms with E-state index in [1.54, 1.807) is 0 Å². The summed E-state index contributed by atoms with van der Waals surface area (Å²) < 4.78 is 5.21. The van der Waals surface area contributed by atoms with Crippen molar-refractivity contribution in [3.05, 3.63) is 12.3 Å². The molecule has 0 aromatic carbocycles. The van der Waals surface area contributed by atoms with Crippen molar-refractivity contribution in [2.24, 2.45) is 5.92 Å². The molecule has 3 nitrogen and oxygen atoms in total. The standard InChI is InChI=1S/C9H12O3/c10-7-4-5-12-9-6(7)2-1-3-8(9)11/h4-6,8-9,11H,1-3H2. The van der Waals surface area contributed by atoms with E-state index in [0.717, 1.165) is 19.3 Å². The van der Waals surface area contributed by atoms with Crippen molar-refractivity contribution in [3.8, 4) is 0 Å². The Kier molecular flexibility index (Phi) is 1.89. The van der Waals surface area contributed by atoms with Gasteiger partial charge in [-0.05, 0) is 19.3 Å². The van der Waals surface area contributed by atoms with Gasteiger partial charge in [0.15, 0.2) is 5.78 Å². The Balaban J connectivity index is 2.18. The van der Waals surface area contributed by atoms with Crippen LogP contribution in [0.15, 0.2) is 12.3 Å². The minimum absolute atomic E-state index is 0.0984. The van der Waals surface area contributed by atoms with E-state index in [2.05, 4.69) is 0 Å². The van der Waals surface area contributed by atoms with Gasteiger partial charge in [-0.2, -0.15) is 0 Å². The molecule has 1 N–H and O–H groups in total. The molecule has 1 aliphatic heterocycles. The molecule has 0 amide bonds. The van der Waals surface area contributed by atoms with Gasteiger partial charge in [0.25, 0.3) is 0 Å². The topological polar surface area (TPSA) is 46.5 Å². The summed E-state index contributed by atoms with van der Waals surface area (Å²) in [6.45, 7) is 0. The van der Waals surface area contributed by atoms with Crippen molar-refractivity contribution < 1.29 is 14.6 Å². The maximum absolute atomic E-state index is 11.3. The number of ether oxygens (including phenoxy) is 1. The minimum atomic E-state index is -0.461. The monoisotopic (exact) mass is 168 g/mol. The van der Waals surface area contributed by atoms with Gasteiger partial charge in [0.05, 0.1) is 18.3 Å². The third-order valence-corrected chi connectivity index (χ3v) is 2.62. The molecule has 2 aliphatic rings. The Morgan fingerprint density at radius 3 is 3.08 bits per heavy atom. The molecule has 12 heavy (non-hydrogen) atoms. The van der Waals surface area contributed by atoms with Crippen LogP contribution in [0, 0.1) is 5.92 Å². The quantitative estimate of drug-likeness (QED) is 0.577. The molecule has 2 rings (SSSR count). The summed E-state index contributed by atoms with van der Waals surface area (Å²) >= 11 is 0. The molecule has 0 spiro atoms. The number of ketones is 1. The van der Waals surface area contributed by atoms with Crippen molar-refractivity contribution in [2.45, 2.75) is 31.5 Å². The first-order valence-corrected chi connectivity index (χ1v) is 4.33. The van der Waals surface area contributed by atoms with E-state index < -0.39 is 6.10 Å². The van der Waals surface area contributed by atoms with Gasteiger partial charge in [0.2, 0.25) is 0 Å². The van der Waals surface area contributed by atoms with E-state index in [-0.39, 0.29) is 17.8 Å². The average Bonchev–Trinajstić information content (AvgIpc) is 2.07. The molecule has 1 heterocycles. The van der Waals surface area contributed by atoms with Crippen molar-refractivity contribution >= 4 is 5.78 Å². The van der Waals surface area contributed by atoms with Crippen LogP contribution in [0.5, 0.6) is 0 Å². The van der Waals surface area contributed by atoms with Gasteiger partial charge >= 0.3 is 0 Å². The normalized spacial score (nSPS) is 40.4. The van der Waals surface area contributed by atoms with Gasteiger partial charge in [-0.15, -0.1) is 0 Å². The molecule has 0 bridgehead atoms. The van der Waals surface area contributed by atoms with Gasteiger partial charge in [-0.25, -0.2) is 0 Å². The second-order valence-electron chi connectivity index (χ2n) is 3.41. The fraction of sp³-hybridized carbons (Fsp3) is 0.667. The average molecular weight is 168 g/mol. The lowest BCUT2D eigenvalue weighted by molar-refractivity contribution is -0.132. The molecule has 3 heteroatoms. The maximum Gasteiger partial charge on any atom is 0.165 e. The second kappa shape index (κ2) is 2.90. The SMILES string of the molecule is O=C1C=COC2C(O)CCCC12. The Morgan fingerprint density at radius 2 is 2.33 bits per heavy atom. The summed E-state index contributed by atoms with van der Waals surface area (Å²) in [7, 11) is 0. The van der Waals surface area contributed by atoms with Crippen LogP contribution >= 0.6 is 0 Å². The van der Waals surface area contributed by atoms with Gasteiger partial charge in [0, 0.05) is 6.08 Å². The Bertz CT molecular complexity index is 222. The number of hydrogen-bond acceptors (Lipinski definition) is 3. The Hall–Kier alpha value is -0.830. The van der Waals surface area contributed by atoms with Crippen molar-refractivity contribution in [2.75, 3.05) is 0 Å². The van der Waals surface area contributed by atoms with Gasteiger partial charge < -0.3 is 9.84 Å². The number of aliphatic hydroxyl groups is 1. The number of carbonyl (C=O) groups is 1. The lowest BCUT2D eigenvalue weighted by Crippen LogP contribution is -2.43. The number of aliphatic hydroxyl groups excluding tert-OH is 1. The highest BCUT2D eigenvalue weighted by molar-refractivity contribution is 5.92. The molecule has 66 valence electrons. The molecule has 0 aromatic rings. The highest BCUT2D eigenvalue weighted by atomic mass is 16.5. The van der Waals surface area contributed by atoms with Crippen molar-refractivity contribution in [1.82, 2.24) is 0 Å². The first kappa shape index (κ1) is 7.80. The van der Waals surface area contributed by atoms with Crippen LogP contribution in [0.2, 0.25) is 0 Å². The Labute approximate surface area is 71.0 Å². The van der Waals surface area contributed by atoms with Crippen molar-refractivity contribution in [1.29, 1.82) is 0 Å². The summed E-state index contributed by atoms with van der Waals surface area (Å²) in [6.07, 6.45) is 4.64. The van der Waals surface area contributed by atoms with Crippen LogP contribution in [-0.4, -0.2) is 23.1 Å². The van der Waals surface area contributed by atoms with Crippen LogP contribution in [0.25, 0.3) is 0 Å². The maximum atomic E-state index is 11.3. The fourth-order valence-corrected chi connectivity index (χ4v) is 1.95. The van der Waals surface area contributed by atoms with E-state index in [9.17, 15) is 9.90 Å². The molecule has 3 unspecified atom stereocenters. The van der Waals surface area contributed by atoms with E-state index in [1.165, 1.54) is 12.3 Å². The molecular formula is C9H12O3. The molecule has 1 fully saturated rings. The highest BCUT2D eigenvalue weighted by Gasteiger charge is 2.38. The van der Waals surface area contributed by atoms with Gasteiger partial charge in [0.1, 0.15) is 6.10 Å². The summed E-state index contributed by atoms with van der Waals surface area (Å²) in [5.74, 6) is 0.00347. The zero-order valence-corrected chi connectivity index (χ0v) is 6.77. The number of allylic oxidation sites excluding steroid dienone is 1. The summed E-state index contributed by atoms with van der Waals surface area (Å²) in [5.41, 5.74) is 0. The van der Waals surface area contributed by atoms with E-state index in [4.69, 9.17) is 4.74 Å². The first-order chi connectivity index (χ1) is 5.79. The highest BCUT2D eigenvalue weighted by Crippen LogP contribution is 2.30. The van der Waals surface area contributed by atoms with Crippen LogP contribution in [0.1, 0.15) is 19.3 Å². The third kappa shape index (κ3) is 1.14. The van der Waals surface area contributed by atoms with Crippen LogP contribution < -0.4 is 0 Å². The summed E-state index contributed by atoms with van der Waals surface area (Å²) in [4.78, 5) is 11.3. The first-order valence-electron chi connectivity index (χ1n) is 4.33. The third-order valence-electron chi connectivity index (χ3n) is 2.62. The van der Waals surface area contributed by atoms with Crippen LogP contribution in [0.4, 0.5) is 0 Å². The molecular weight excluding hydrogens is 156 g/mol. The minimum Gasteiger partial charge on any atom is -0.494 e. The molecule has 3 atom stereocenters. The van der Waals surface area contributed by atoms with E-state index >= 15 is 0 Å². The molecule has 0 radical (unpaired) electrons. The van der Waals surface area contributed by atoms with E-state index in [1.807, 2.05) is 0 Å². The van der Waals surface area contributed by atoms with E-state index in [0.29, 0.717) is 0 Å². The van der Waals surface area contributed by atoms with Crippen molar-refractivity contribution in [3.63, 3.8) is 0 Å². The molecule has 0 saturated heterocycles. The summed E-state index contributed by atoms with van der Waals surface area (Å²) in [6, 6.07) is 0. The van der Waals surface area contributed by atoms with Crippen LogP contribution in [0.3, 0.4) is 0 Å². The zero-order valence-electron chi connectivity index (χ0n) is 6.77. The second-order valence-corrected chi connectivity index (χ2v) is 3.41. The van der Waals surface area contributed by atoms with Crippen LogP contribution in [-0.2, 0) is 9.53 Å². The molecule has 0 aromatic heterocycles. The number of rotatable bonds is 0. The predicted octanol–water partition coefficient (Wildman–Crippen LogP) is 0.629.